The average molecular weight is 200 g/mol. The molecule has 4 N–H and O–H groups in total. The van der Waals surface area contributed by atoms with Crippen molar-refractivity contribution < 1.29 is 13.6 Å². The number of hydrogen-bond donors (Lipinski definition) is 2. The number of nitrogens with two attached hydrogens (primary N) is 2. The fraction of sp³-hybridized carbons (Fsp3) is 0.222. The van der Waals surface area contributed by atoms with Crippen LogP contribution in [0.5, 0.6) is 0 Å². The lowest BCUT2D eigenvalue weighted by Crippen LogP contribution is -2.21. The predicted molar refractivity (Wildman–Crippen MR) is 47.1 cm³/mol. The second-order valence-electron chi connectivity index (χ2n) is 2.94. The Bertz CT molecular complexity index is 355. The number of carbonyl (C=O) groups is 1. The van der Waals surface area contributed by atoms with E-state index in [-0.39, 0.29) is 12.0 Å². The van der Waals surface area contributed by atoms with Crippen LogP contribution < -0.4 is 11.5 Å². The van der Waals surface area contributed by atoms with E-state index in [1.165, 1.54) is 0 Å². The molecule has 0 aromatic heterocycles. The van der Waals surface area contributed by atoms with Gasteiger partial charge in [0.05, 0.1) is 0 Å². The summed E-state index contributed by atoms with van der Waals surface area (Å²) in [6, 6.07) is 2.01. The summed E-state index contributed by atoms with van der Waals surface area (Å²) in [5.74, 6) is -1.89. The van der Waals surface area contributed by atoms with Gasteiger partial charge < -0.3 is 11.5 Å². The number of halogens is 2. The SMILES string of the molecule is NC(=O)C[C@@H](N)c1cc(F)ccc1F. The van der Waals surface area contributed by atoms with E-state index >= 15 is 0 Å². The molecule has 1 aromatic carbocycles. The third-order valence-electron chi connectivity index (χ3n) is 1.78. The van der Waals surface area contributed by atoms with Crippen molar-refractivity contribution in [1.29, 1.82) is 0 Å². The molecule has 0 aliphatic rings. The van der Waals surface area contributed by atoms with Gasteiger partial charge in [0, 0.05) is 18.0 Å². The van der Waals surface area contributed by atoms with Crippen molar-refractivity contribution in [3.8, 4) is 0 Å². The van der Waals surface area contributed by atoms with Gasteiger partial charge in [-0.25, -0.2) is 8.78 Å². The molecule has 0 saturated heterocycles. The van der Waals surface area contributed by atoms with Crippen molar-refractivity contribution in [3.05, 3.63) is 35.4 Å². The highest BCUT2D eigenvalue weighted by Crippen LogP contribution is 2.18. The number of amides is 1. The van der Waals surface area contributed by atoms with Gasteiger partial charge in [0.25, 0.3) is 0 Å². The lowest BCUT2D eigenvalue weighted by Gasteiger charge is -2.10. The van der Waals surface area contributed by atoms with Gasteiger partial charge in [-0.1, -0.05) is 0 Å². The summed E-state index contributed by atoms with van der Waals surface area (Å²) in [7, 11) is 0. The molecule has 14 heavy (non-hydrogen) atoms. The summed E-state index contributed by atoms with van der Waals surface area (Å²) in [5.41, 5.74) is 10.3. The zero-order valence-electron chi connectivity index (χ0n) is 7.34. The van der Waals surface area contributed by atoms with E-state index in [0.717, 1.165) is 18.2 Å². The lowest BCUT2D eigenvalue weighted by atomic mass is 10.0. The van der Waals surface area contributed by atoms with Gasteiger partial charge in [-0.3, -0.25) is 4.79 Å². The maximum atomic E-state index is 13.1. The molecule has 0 radical (unpaired) electrons. The molecule has 0 saturated carbocycles. The Morgan fingerprint density at radius 3 is 2.64 bits per heavy atom. The smallest absolute Gasteiger partial charge is 0.219 e. The topological polar surface area (TPSA) is 69.1 Å². The van der Waals surface area contributed by atoms with E-state index in [4.69, 9.17) is 11.5 Å². The van der Waals surface area contributed by atoms with Crippen molar-refractivity contribution in [2.75, 3.05) is 0 Å². The summed E-state index contributed by atoms with van der Waals surface area (Å²) in [5, 5.41) is 0. The Hall–Kier alpha value is -1.49. The van der Waals surface area contributed by atoms with Gasteiger partial charge in [0.2, 0.25) is 5.91 Å². The Labute approximate surface area is 79.7 Å². The van der Waals surface area contributed by atoms with Crippen LogP contribution in [0.25, 0.3) is 0 Å². The van der Waals surface area contributed by atoms with Crippen LogP contribution in [0.2, 0.25) is 0 Å². The highest BCUT2D eigenvalue weighted by atomic mass is 19.1. The minimum absolute atomic E-state index is 0.0381. The monoisotopic (exact) mass is 200 g/mol. The summed E-state index contributed by atoms with van der Waals surface area (Å²) >= 11 is 0. The molecular formula is C9H10F2N2O. The summed E-state index contributed by atoms with van der Waals surface area (Å²) < 4.78 is 25.8. The van der Waals surface area contributed by atoms with Gasteiger partial charge in [0.1, 0.15) is 11.6 Å². The van der Waals surface area contributed by atoms with Gasteiger partial charge in [-0.05, 0) is 18.2 Å². The second-order valence-corrected chi connectivity index (χ2v) is 2.94. The molecule has 0 fully saturated rings. The zero-order chi connectivity index (χ0) is 10.7. The molecule has 1 atom stereocenters. The van der Waals surface area contributed by atoms with Crippen LogP contribution >= 0.6 is 0 Å². The van der Waals surface area contributed by atoms with Crippen molar-refractivity contribution in [2.45, 2.75) is 12.5 Å². The molecule has 0 aliphatic carbocycles. The molecule has 0 bridgehead atoms. The van der Waals surface area contributed by atoms with E-state index in [0.29, 0.717) is 0 Å². The largest absolute Gasteiger partial charge is 0.370 e. The molecule has 1 amide bonds. The molecule has 0 spiro atoms. The Morgan fingerprint density at radius 1 is 1.43 bits per heavy atom. The minimum Gasteiger partial charge on any atom is -0.370 e. The first-order chi connectivity index (χ1) is 6.50. The average Bonchev–Trinajstić information content (AvgIpc) is 2.08. The summed E-state index contributed by atoms with van der Waals surface area (Å²) in [6.07, 6.45) is -0.208. The van der Waals surface area contributed by atoms with E-state index in [9.17, 15) is 13.6 Å². The van der Waals surface area contributed by atoms with Crippen molar-refractivity contribution in [2.24, 2.45) is 11.5 Å². The van der Waals surface area contributed by atoms with E-state index in [1.807, 2.05) is 0 Å². The highest BCUT2D eigenvalue weighted by molar-refractivity contribution is 5.74. The van der Waals surface area contributed by atoms with Crippen LogP contribution in [-0.2, 0) is 4.79 Å². The molecule has 1 rings (SSSR count). The Kier molecular flexibility index (Phi) is 3.14. The third-order valence-corrected chi connectivity index (χ3v) is 1.78. The Morgan fingerprint density at radius 2 is 2.07 bits per heavy atom. The standard InChI is InChI=1S/C9H10F2N2O/c10-5-1-2-7(11)6(3-5)8(12)4-9(13)14/h1-3,8H,4,12H2,(H2,13,14)/t8-/m1/s1. The molecule has 1 aromatic rings. The maximum absolute atomic E-state index is 13.1. The third kappa shape index (κ3) is 2.50. The van der Waals surface area contributed by atoms with Crippen LogP contribution in [-0.4, -0.2) is 5.91 Å². The van der Waals surface area contributed by atoms with E-state index in [2.05, 4.69) is 0 Å². The summed E-state index contributed by atoms with van der Waals surface area (Å²) in [4.78, 5) is 10.5. The number of carbonyl (C=O) groups excluding carboxylic acids is 1. The van der Waals surface area contributed by atoms with E-state index in [1.54, 1.807) is 0 Å². The fourth-order valence-electron chi connectivity index (χ4n) is 1.13. The first kappa shape index (κ1) is 10.6. The van der Waals surface area contributed by atoms with Gasteiger partial charge in [-0.15, -0.1) is 0 Å². The normalized spacial score (nSPS) is 12.5. The molecule has 5 heteroatoms. The van der Waals surface area contributed by atoms with Crippen LogP contribution in [0.1, 0.15) is 18.0 Å². The van der Waals surface area contributed by atoms with E-state index < -0.39 is 23.6 Å². The second kappa shape index (κ2) is 4.15. The van der Waals surface area contributed by atoms with Crippen LogP contribution in [0.4, 0.5) is 8.78 Å². The van der Waals surface area contributed by atoms with Crippen molar-refractivity contribution >= 4 is 5.91 Å². The Balaban J connectivity index is 2.93. The molecule has 0 heterocycles. The summed E-state index contributed by atoms with van der Waals surface area (Å²) in [6.45, 7) is 0. The first-order valence-corrected chi connectivity index (χ1v) is 3.99. The lowest BCUT2D eigenvalue weighted by molar-refractivity contribution is -0.118. The predicted octanol–water partition coefficient (Wildman–Crippen LogP) is 0.840. The van der Waals surface area contributed by atoms with Crippen molar-refractivity contribution in [3.63, 3.8) is 0 Å². The van der Waals surface area contributed by atoms with Crippen LogP contribution in [0.3, 0.4) is 0 Å². The van der Waals surface area contributed by atoms with Crippen molar-refractivity contribution in [1.82, 2.24) is 0 Å². The van der Waals surface area contributed by atoms with Crippen LogP contribution in [0.15, 0.2) is 18.2 Å². The van der Waals surface area contributed by atoms with Gasteiger partial charge in [-0.2, -0.15) is 0 Å². The number of rotatable bonds is 3. The molecule has 0 unspecified atom stereocenters. The number of primary amides is 1. The van der Waals surface area contributed by atoms with Gasteiger partial charge >= 0.3 is 0 Å². The maximum Gasteiger partial charge on any atom is 0.219 e. The molecule has 0 aliphatic heterocycles. The molecule has 76 valence electrons. The number of hydrogen-bond acceptors (Lipinski definition) is 2. The zero-order valence-corrected chi connectivity index (χ0v) is 7.34. The van der Waals surface area contributed by atoms with Gasteiger partial charge in [0.15, 0.2) is 0 Å². The first-order valence-electron chi connectivity index (χ1n) is 3.99. The number of benzene rings is 1. The minimum atomic E-state index is -0.900. The fourth-order valence-corrected chi connectivity index (χ4v) is 1.13. The van der Waals surface area contributed by atoms with Crippen LogP contribution in [0, 0.1) is 11.6 Å². The quantitative estimate of drug-likeness (QED) is 0.759. The highest BCUT2D eigenvalue weighted by Gasteiger charge is 2.14. The molecular weight excluding hydrogens is 190 g/mol. The molecule has 3 nitrogen and oxygen atoms in total.